The molecule has 0 aromatic carbocycles. The van der Waals surface area contributed by atoms with Gasteiger partial charge in [0.15, 0.2) is 0 Å². The van der Waals surface area contributed by atoms with Crippen molar-refractivity contribution in [1.29, 1.82) is 0 Å². The van der Waals surface area contributed by atoms with Crippen molar-refractivity contribution in [2.75, 3.05) is 6.61 Å². The molecule has 1 rings (SSSR count). The molecule has 2 unspecified atom stereocenters. The van der Waals surface area contributed by atoms with E-state index in [9.17, 15) is 5.11 Å². The molecule has 0 fully saturated rings. The molecular formula is C8H9Cl2NaO. The van der Waals surface area contributed by atoms with Crippen LogP contribution in [-0.4, -0.2) is 16.9 Å². The van der Waals surface area contributed by atoms with Crippen LogP contribution in [0.2, 0.25) is 0 Å². The number of allylic oxidation sites excluding steroid dienone is 4. The topological polar surface area (TPSA) is 23.1 Å². The number of halogens is 2. The quantitative estimate of drug-likeness (QED) is 0.404. The van der Waals surface area contributed by atoms with Gasteiger partial charge in [-0.2, -0.15) is 0 Å². The molecule has 0 spiro atoms. The third kappa shape index (κ3) is 3.06. The molecule has 0 aliphatic heterocycles. The van der Waals surface area contributed by atoms with Gasteiger partial charge >= 0.3 is 29.6 Å². The first kappa shape index (κ1) is 13.0. The Morgan fingerprint density at radius 2 is 2.08 bits per heavy atom. The van der Waals surface area contributed by atoms with Gasteiger partial charge < -0.3 is 5.11 Å². The van der Waals surface area contributed by atoms with Gasteiger partial charge in [-0.15, -0.1) is 29.8 Å². The Hall–Kier alpha value is 1.02. The molecule has 0 aromatic heterocycles. The third-order valence-electron chi connectivity index (χ3n) is 1.71. The van der Waals surface area contributed by atoms with E-state index >= 15 is 0 Å². The summed E-state index contributed by atoms with van der Waals surface area (Å²) in [5.74, 6) is 0. The van der Waals surface area contributed by atoms with Crippen LogP contribution in [0, 0.1) is 0 Å². The van der Waals surface area contributed by atoms with E-state index in [-0.39, 0.29) is 41.5 Å². The smallest absolute Gasteiger partial charge is 0.854 e. The molecule has 0 saturated carbocycles. The van der Waals surface area contributed by atoms with Crippen molar-refractivity contribution in [1.82, 2.24) is 0 Å². The van der Waals surface area contributed by atoms with Gasteiger partial charge in [-0.3, -0.25) is 0 Å². The van der Waals surface area contributed by atoms with E-state index in [1.54, 1.807) is 12.2 Å². The van der Waals surface area contributed by atoms with Crippen molar-refractivity contribution < 1.29 is 34.7 Å². The Morgan fingerprint density at radius 3 is 2.58 bits per heavy atom. The molecule has 4 heteroatoms. The molecule has 12 heavy (non-hydrogen) atoms. The fourth-order valence-corrected chi connectivity index (χ4v) is 1.50. The second kappa shape index (κ2) is 5.69. The molecule has 1 aliphatic rings. The van der Waals surface area contributed by atoms with Crippen LogP contribution in [-0.2, 0) is 0 Å². The Labute approximate surface area is 105 Å². The second-order valence-corrected chi connectivity index (χ2v) is 3.70. The summed E-state index contributed by atoms with van der Waals surface area (Å²) in [5.41, 5.74) is 0. The predicted molar refractivity (Wildman–Crippen MR) is 46.0 cm³/mol. The average Bonchev–Trinajstić information content (AvgIpc) is 1.96. The summed E-state index contributed by atoms with van der Waals surface area (Å²) in [6, 6.07) is 0. The van der Waals surface area contributed by atoms with Gasteiger partial charge in [-0.05, 0) is 6.42 Å². The van der Waals surface area contributed by atoms with Gasteiger partial charge in [-0.1, -0.05) is 24.3 Å². The fourth-order valence-electron chi connectivity index (χ4n) is 1.01. The van der Waals surface area contributed by atoms with E-state index in [4.69, 9.17) is 23.2 Å². The molecule has 0 bridgehead atoms. The van der Waals surface area contributed by atoms with E-state index in [1.165, 1.54) is 0 Å². The molecule has 2 atom stereocenters. The molecule has 1 aliphatic carbocycles. The van der Waals surface area contributed by atoms with Crippen LogP contribution < -0.4 is 34.7 Å². The van der Waals surface area contributed by atoms with E-state index in [1.807, 2.05) is 12.2 Å². The summed E-state index contributed by atoms with van der Waals surface area (Å²) in [6.07, 6.45) is 7.61. The van der Waals surface area contributed by atoms with Crippen LogP contribution in [0.25, 0.3) is 0 Å². The number of alkyl halides is 2. The predicted octanol–water partition coefficient (Wildman–Crippen LogP) is -1.55. The van der Waals surface area contributed by atoms with Crippen molar-refractivity contribution in [3.8, 4) is 0 Å². The van der Waals surface area contributed by atoms with Crippen molar-refractivity contribution in [2.45, 2.75) is 16.7 Å². The van der Waals surface area contributed by atoms with Crippen LogP contribution in [0.15, 0.2) is 24.3 Å². The maximum atomic E-state index is 10.3. The number of hydrogen-bond donors (Lipinski definition) is 0. The van der Waals surface area contributed by atoms with E-state index in [0.29, 0.717) is 6.42 Å². The normalized spacial score (nSPS) is 33.1. The first-order valence-corrected chi connectivity index (χ1v) is 4.27. The Kier molecular flexibility index (Phi) is 6.17. The van der Waals surface area contributed by atoms with Crippen molar-refractivity contribution >= 4 is 23.2 Å². The van der Waals surface area contributed by atoms with Crippen LogP contribution >= 0.6 is 23.2 Å². The van der Waals surface area contributed by atoms with Crippen LogP contribution in [0.4, 0.5) is 0 Å². The first-order valence-electron chi connectivity index (χ1n) is 3.46. The van der Waals surface area contributed by atoms with Crippen LogP contribution in [0.1, 0.15) is 6.42 Å². The van der Waals surface area contributed by atoms with Gasteiger partial charge in [0, 0.05) is 0 Å². The Balaban J connectivity index is 0.00000121. The summed E-state index contributed by atoms with van der Waals surface area (Å²) < 4.78 is 0. The van der Waals surface area contributed by atoms with Gasteiger partial charge in [0.2, 0.25) is 0 Å². The maximum Gasteiger partial charge on any atom is 1.00 e. The monoisotopic (exact) mass is 214 g/mol. The average molecular weight is 215 g/mol. The summed E-state index contributed by atoms with van der Waals surface area (Å²) in [5, 5.41) is 10.1. The van der Waals surface area contributed by atoms with Crippen LogP contribution in [0.5, 0.6) is 0 Å². The van der Waals surface area contributed by atoms with Crippen molar-refractivity contribution in [2.24, 2.45) is 0 Å². The molecule has 0 N–H and O–H groups in total. The molecule has 0 aromatic rings. The fraction of sp³-hybridized carbons (Fsp3) is 0.500. The number of rotatable bonds is 2. The van der Waals surface area contributed by atoms with Crippen molar-refractivity contribution in [3.63, 3.8) is 0 Å². The zero-order valence-corrected chi connectivity index (χ0v) is 10.5. The molecule has 0 heterocycles. The first-order chi connectivity index (χ1) is 5.19. The minimum Gasteiger partial charge on any atom is -0.854 e. The Bertz CT molecular complexity index is 193. The standard InChI is InChI=1S/C8H9Cl2O.Na/c9-7-3-1-2-4-8(7,10)5-6-11;/h1-4,7H,5-6H2;/q-1;+1. The summed E-state index contributed by atoms with van der Waals surface area (Å²) >= 11 is 11.9. The van der Waals surface area contributed by atoms with Gasteiger partial charge in [0.1, 0.15) is 0 Å². The van der Waals surface area contributed by atoms with Gasteiger partial charge in [0.05, 0.1) is 10.3 Å². The zero-order valence-electron chi connectivity index (χ0n) is 6.97. The third-order valence-corrected chi connectivity index (χ3v) is 2.90. The molecule has 0 radical (unpaired) electrons. The summed E-state index contributed by atoms with van der Waals surface area (Å²) in [6.45, 7) is -0.190. The van der Waals surface area contributed by atoms with E-state index in [0.717, 1.165) is 0 Å². The minimum absolute atomic E-state index is 0. The second-order valence-electron chi connectivity index (χ2n) is 2.53. The largest absolute Gasteiger partial charge is 1.00 e. The Morgan fingerprint density at radius 1 is 1.42 bits per heavy atom. The minimum atomic E-state index is -0.655. The zero-order chi connectivity index (χ0) is 8.32. The molecule has 0 amide bonds. The van der Waals surface area contributed by atoms with E-state index in [2.05, 4.69) is 0 Å². The number of hydrogen-bond acceptors (Lipinski definition) is 1. The van der Waals surface area contributed by atoms with Gasteiger partial charge in [0.25, 0.3) is 0 Å². The molecular weight excluding hydrogens is 206 g/mol. The maximum absolute atomic E-state index is 10.3. The van der Waals surface area contributed by atoms with Gasteiger partial charge in [-0.25, -0.2) is 0 Å². The van der Waals surface area contributed by atoms with Crippen LogP contribution in [0.3, 0.4) is 0 Å². The van der Waals surface area contributed by atoms with Crippen molar-refractivity contribution in [3.05, 3.63) is 24.3 Å². The summed E-state index contributed by atoms with van der Waals surface area (Å²) in [4.78, 5) is -0.655. The van der Waals surface area contributed by atoms with E-state index < -0.39 is 4.87 Å². The molecule has 0 saturated heterocycles. The summed E-state index contributed by atoms with van der Waals surface area (Å²) in [7, 11) is 0. The molecule has 1 nitrogen and oxygen atoms in total. The molecule has 62 valence electrons. The SMILES string of the molecule is [Na+].[O-]CCC1(Cl)C=CC=CC1Cl.